The highest BCUT2D eigenvalue weighted by molar-refractivity contribution is 7.89. The van der Waals surface area contributed by atoms with E-state index in [1.165, 1.54) is 18.9 Å². The van der Waals surface area contributed by atoms with E-state index in [9.17, 15) is 8.42 Å². The Morgan fingerprint density at radius 1 is 0.960 bits per heavy atom. The molecule has 0 N–H and O–H groups in total. The molecule has 3 rings (SSSR count). The Kier molecular flexibility index (Phi) is 6.01. The molecule has 0 aromatic heterocycles. The fourth-order valence-corrected chi connectivity index (χ4v) is 6.09. The Balaban J connectivity index is 1.69. The van der Waals surface area contributed by atoms with Crippen molar-refractivity contribution < 1.29 is 8.42 Å². The van der Waals surface area contributed by atoms with E-state index < -0.39 is 10.0 Å². The smallest absolute Gasteiger partial charge is 0.244 e. The fraction of sp³-hybridized carbons (Fsp3) is 0.667. The van der Waals surface area contributed by atoms with E-state index in [1.807, 2.05) is 0 Å². The van der Waals surface area contributed by atoms with Crippen LogP contribution in [-0.4, -0.2) is 49.8 Å². The quantitative estimate of drug-likeness (QED) is 0.757. The number of hydrogen-bond acceptors (Lipinski definition) is 3. The highest BCUT2D eigenvalue weighted by atomic mass is 35.5. The first-order valence-corrected chi connectivity index (χ1v) is 11.2. The van der Waals surface area contributed by atoms with Crippen LogP contribution in [0.15, 0.2) is 17.0 Å². The predicted molar refractivity (Wildman–Crippen MR) is 103 cm³/mol. The molecule has 4 nitrogen and oxygen atoms in total. The summed E-state index contributed by atoms with van der Waals surface area (Å²) in [6.45, 7) is 7.49. The van der Waals surface area contributed by atoms with Crippen molar-refractivity contribution in [2.75, 3.05) is 26.2 Å². The second-order valence-electron chi connectivity index (χ2n) is 7.39. The molecule has 0 amide bonds. The number of benzene rings is 1. The molecule has 1 aromatic carbocycles. The van der Waals surface area contributed by atoms with Gasteiger partial charge in [-0.1, -0.05) is 30.1 Å². The lowest BCUT2D eigenvalue weighted by atomic mass is 9.95. The minimum Gasteiger partial charge on any atom is -0.300 e. The number of piperidine rings is 2. The van der Waals surface area contributed by atoms with Gasteiger partial charge in [0, 0.05) is 24.2 Å². The van der Waals surface area contributed by atoms with E-state index in [2.05, 4.69) is 11.8 Å². The molecule has 0 bridgehead atoms. The lowest BCUT2D eigenvalue weighted by molar-refractivity contribution is 0.101. The van der Waals surface area contributed by atoms with E-state index in [0.29, 0.717) is 24.2 Å². The van der Waals surface area contributed by atoms with Crippen molar-refractivity contribution in [2.24, 2.45) is 5.92 Å². The number of nitrogens with zero attached hydrogens (tertiary/aromatic N) is 2. The molecule has 7 heteroatoms. The van der Waals surface area contributed by atoms with Gasteiger partial charge >= 0.3 is 0 Å². The second-order valence-corrected chi connectivity index (χ2v) is 10.1. The molecule has 0 saturated carbocycles. The molecule has 140 valence electrons. The van der Waals surface area contributed by atoms with Crippen molar-refractivity contribution >= 4 is 33.2 Å². The number of halogens is 2. The normalized spacial score (nSPS) is 22.4. The molecule has 0 spiro atoms. The first-order chi connectivity index (χ1) is 11.8. The van der Waals surface area contributed by atoms with Crippen LogP contribution in [0.5, 0.6) is 0 Å². The summed E-state index contributed by atoms with van der Waals surface area (Å²) >= 11 is 12.2. The standard InChI is InChI=1S/C18H26Cl2N2O2S/c1-13-3-7-21(8-4-13)15-5-9-22(10-6-15)25(23,24)18-11-14(2)16(19)12-17(18)20/h11-13,15H,3-10H2,1-2H3. The van der Waals surface area contributed by atoms with Gasteiger partial charge in [-0.2, -0.15) is 4.31 Å². The Hall–Kier alpha value is -0.330. The molecular weight excluding hydrogens is 379 g/mol. The third-order valence-corrected chi connectivity index (χ3v) is 8.36. The van der Waals surface area contributed by atoms with Gasteiger partial charge in [0.15, 0.2) is 0 Å². The van der Waals surface area contributed by atoms with E-state index >= 15 is 0 Å². The molecule has 0 unspecified atom stereocenters. The summed E-state index contributed by atoms with van der Waals surface area (Å²) in [6.07, 6.45) is 4.27. The maximum atomic E-state index is 13.0. The van der Waals surface area contributed by atoms with Crippen LogP contribution in [0.2, 0.25) is 10.0 Å². The number of aryl methyl sites for hydroxylation is 1. The molecule has 0 aliphatic carbocycles. The van der Waals surface area contributed by atoms with Gasteiger partial charge in [-0.15, -0.1) is 0 Å². The molecule has 2 heterocycles. The minimum atomic E-state index is -3.57. The molecule has 0 radical (unpaired) electrons. The number of sulfonamides is 1. The minimum absolute atomic E-state index is 0.168. The van der Waals surface area contributed by atoms with E-state index in [1.54, 1.807) is 17.3 Å². The van der Waals surface area contributed by atoms with Crippen LogP contribution in [0.1, 0.15) is 38.2 Å². The van der Waals surface area contributed by atoms with Gasteiger partial charge in [-0.05, 0) is 69.3 Å². The third kappa shape index (κ3) is 4.16. The Morgan fingerprint density at radius 2 is 1.56 bits per heavy atom. The summed E-state index contributed by atoms with van der Waals surface area (Å²) < 4.78 is 27.5. The molecule has 25 heavy (non-hydrogen) atoms. The van der Waals surface area contributed by atoms with E-state index in [-0.39, 0.29) is 9.92 Å². The molecule has 2 saturated heterocycles. The van der Waals surface area contributed by atoms with Crippen LogP contribution in [0.3, 0.4) is 0 Å². The van der Waals surface area contributed by atoms with Crippen molar-refractivity contribution in [3.63, 3.8) is 0 Å². The van der Waals surface area contributed by atoms with Gasteiger partial charge in [0.1, 0.15) is 4.90 Å². The van der Waals surface area contributed by atoms with Crippen LogP contribution in [-0.2, 0) is 10.0 Å². The summed E-state index contributed by atoms with van der Waals surface area (Å²) in [7, 11) is -3.57. The topological polar surface area (TPSA) is 40.6 Å². The van der Waals surface area contributed by atoms with Crippen molar-refractivity contribution in [1.82, 2.24) is 9.21 Å². The SMILES string of the molecule is Cc1cc(S(=O)(=O)N2CCC(N3CCC(C)CC3)CC2)c(Cl)cc1Cl. The monoisotopic (exact) mass is 404 g/mol. The van der Waals surface area contributed by atoms with Gasteiger partial charge < -0.3 is 4.90 Å². The molecule has 2 fully saturated rings. The number of hydrogen-bond donors (Lipinski definition) is 0. The summed E-state index contributed by atoms with van der Waals surface area (Å²) in [4.78, 5) is 2.71. The Bertz CT molecular complexity index is 723. The van der Waals surface area contributed by atoms with Gasteiger partial charge in [0.05, 0.1) is 5.02 Å². The van der Waals surface area contributed by atoms with Crippen LogP contribution in [0.4, 0.5) is 0 Å². The lowest BCUT2D eigenvalue weighted by Crippen LogP contribution is -2.48. The maximum Gasteiger partial charge on any atom is 0.244 e. The van der Waals surface area contributed by atoms with Crippen molar-refractivity contribution in [3.05, 3.63) is 27.7 Å². The van der Waals surface area contributed by atoms with Crippen LogP contribution in [0, 0.1) is 12.8 Å². The zero-order chi connectivity index (χ0) is 18.2. The molecule has 2 aliphatic rings. The van der Waals surface area contributed by atoms with Crippen LogP contribution < -0.4 is 0 Å². The first kappa shape index (κ1) is 19.4. The van der Waals surface area contributed by atoms with E-state index in [4.69, 9.17) is 23.2 Å². The average Bonchev–Trinajstić information content (AvgIpc) is 2.59. The lowest BCUT2D eigenvalue weighted by Gasteiger charge is -2.41. The molecule has 0 atom stereocenters. The molecule has 2 aliphatic heterocycles. The second kappa shape index (κ2) is 7.73. The third-order valence-electron chi connectivity index (χ3n) is 5.59. The zero-order valence-electron chi connectivity index (χ0n) is 14.8. The average molecular weight is 405 g/mol. The van der Waals surface area contributed by atoms with Gasteiger partial charge in [-0.25, -0.2) is 8.42 Å². The van der Waals surface area contributed by atoms with Crippen LogP contribution in [0.25, 0.3) is 0 Å². The van der Waals surface area contributed by atoms with Crippen molar-refractivity contribution in [3.8, 4) is 0 Å². The van der Waals surface area contributed by atoms with Crippen molar-refractivity contribution in [2.45, 2.75) is 50.5 Å². The van der Waals surface area contributed by atoms with Crippen LogP contribution >= 0.6 is 23.2 Å². The number of rotatable bonds is 3. The predicted octanol–water partition coefficient (Wildman–Crippen LogP) is 4.19. The summed E-state index contributed by atoms with van der Waals surface area (Å²) in [5.74, 6) is 0.812. The largest absolute Gasteiger partial charge is 0.300 e. The molecular formula is C18H26Cl2N2O2S. The summed E-state index contributed by atoms with van der Waals surface area (Å²) in [6, 6.07) is 3.60. The summed E-state index contributed by atoms with van der Waals surface area (Å²) in [5, 5.41) is 0.685. The van der Waals surface area contributed by atoms with Crippen molar-refractivity contribution in [1.29, 1.82) is 0 Å². The first-order valence-electron chi connectivity index (χ1n) is 8.99. The zero-order valence-corrected chi connectivity index (χ0v) is 17.2. The van der Waals surface area contributed by atoms with Gasteiger partial charge in [0.25, 0.3) is 0 Å². The maximum absolute atomic E-state index is 13.0. The fourth-order valence-electron chi connectivity index (χ4n) is 3.81. The Labute approximate surface area is 161 Å². The van der Waals surface area contributed by atoms with E-state index in [0.717, 1.165) is 37.4 Å². The number of likely N-dealkylation sites (tertiary alicyclic amines) is 1. The highest BCUT2D eigenvalue weighted by Crippen LogP contribution is 2.32. The van der Waals surface area contributed by atoms with Gasteiger partial charge in [-0.3, -0.25) is 0 Å². The molecule has 1 aromatic rings. The Morgan fingerprint density at radius 3 is 2.16 bits per heavy atom. The van der Waals surface area contributed by atoms with Gasteiger partial charge in [0.2, 0.25) is 10.0 Å². The summed E-state index contributed by atoms with van der Waals surface area (Å²) in [5.41, 5.74) is 0.724. The highest BCUT2D eigenvalue weighted by Gasteiger charge is 2.33.